The number of hydrogen-bond donors (Lipinski definition) is 1. The molecule has 0 unspecified atom stereocenters. The molecule has 1 N–H and O–H groups in total. The molecule has 4 rings (SSSR count). The molecule has 0 saturated carbocycles. The second kappa shape index (κ2) is 7.97. The number of aliphatic hydroxyl groups is 1. The molecule has 29 heavy (non-hydrogen) atoms. The number of aromatic nitrogens is 1. The van der Waals surface area contributed by atoms with E-state index in [1.54, 1.807) is 4.57 Å². The van der Waals surface area contributed by atoms with Crippen molar-refractivity contribution in [1.29, 1.82) is 0 Å². The Morgan fingerprint density at radius 2 is 2.00 bits per heavy atom. The summed E-state index contributed by atoms with van der Waals surface area (Å²) in [6, 6.07) is 13.1. The van der Waals surface area contributed by atoms with Gasteiger partial charge in [0.05, 0.1) is 13.2 Å². The van der Waals surface area contributed by atoms with E-state index in [1.807, 2.05) is 61.5 Å². The summed E-state index contributed by atoms with van der Waals surface area (Å²) in [5.41, 5.74) is 2.59. The Morgan fingerprint density at radius 3 is 2.66 bits per heavy atom. The zero-order valence-corrected chi connectivity index (χ0v) is 16.7. The van der Waals surface area contributed by atoms with Gasteiger partial charge in [-0.2, -0.15) is 0 Å². The minimum atomic E-state index is -0.542. The molecule has 2 aliphatic heterocycles. The lowest BCUT2D eigenvalue weighted by atomic mass is 9.88. The van der Waals surface area contributed by atoms with Gasteiger partial charge in [-0.15, -0.1) is 0 Å². The lowest BCUT2D eigenvalue weighted by Gasteiger charge is -2.29. The SMILES string of the molecule is C/C=C/c1ccc2n(c1=O)C[C@H]1[C@H](CO)[C@@H](C(=O)OC)N(Cc3ccccc3)[C@@H]21. The van der Waals surface area contributed by atoms with Crippen LogP contribution in [0.15, 0.2) is 53.3 Å². The smallest absolute Gasteiger partial charge is 0.323 e. The highest BCUT2D eigenvalue weighted by Gasteiger charge is 2.55. The summed E-state index contributed by atoms with van der Waals surface area (Å²) in [7, 11) is 1.38. The summed E-state index contributed by atoms with van der Waals surface area (Å²) in [6.45, 7) is 2.80. The summed E-state index contributed by atoms with van der Waals surface area (Å²) in [4.78, 5) is 27.7. The summed E-state index contributed by atoms with van der Waals surface area (Å²) in [5, 5.41) is 10.2. The van der Waals surface area contributed by atoms with Crippen molar-refractivity contribution in [1.82, 2.24) is 9.47 Å². The largest absolute Gasteiger partial charge is 0.468 e. The zero-order chi connectivity index (χ0) is 20.5. The molecule has 2 aromatic rings. The number of benzene rings is 1. The van der Waals surface area contributed by atoms with Crippen LogP contribution >= 0.6 is 0 Å². The second-order valence-corrected chi connectivity index (χ2v) is 7.71. The number of hydrogen-bond acceptors (Lipinski definition) is 5. The van der Waals surface area contributed by atoms with Crippen LogP contribution in [-0.4, -0.2) is 40.3 Å². The Balaban J connectivity index is 1.81. The van der Waals surface area contributed by atoms with E-state index in [0.717, 1.165) is 11.3 Å². The number of rotatable bonds is 5. The van der Waals surface area contributed by atoms with Crippen molar-refractivity contribution in [3.05, 3.63) is 75.7 Å². The van der Waals surface area contributed by atoms with E-state index in [1.165, 1.54) is 7.11 Å². The highest BCUT2D eigenvalue weighted by atomic mass is 16.5. The quantitative estimate of drug-likeness (QED) is 0.788. The van der Waals surface area contributed by atoms with Gasteiger partial charge in [-0.3, -0.25) is 14.5 Å². The highest BCUT2D eigenvalue weighted by Crippen LogP contribution is 2.49. The van der Waals surface area contributed by atoms with Crippen molar-refractivity contribution in [2.75, 3.05) is 13.7 Å². The maximum absolute atomic E-state index is 13.0. The maximum Gasteiger partial charge on any atom is 0.323 e. The van der Waals surface area contributed by atoms with E-state index in [0.29, 0.717) is 18.7 Å². The van der Waals surface area contributed by atoms with Crippen molar-refractivity contribution in [3.63, 3.8) is 0 Å². The van der Waals surface area contributed by atoms with Crippen molar-refractivity contribution in [2.45, 2.75) is 32.1 Å². The molecule has 0 amide bonds. The van der Waals surface area contributed by atoms with Crippen LogP contribution in [0, 0.1) is 11.8 Å². The number of allylic oxidation sites excluding steroid dienone is 1. The van der Waals surface area contributed by atoms with Crippen LogP contribution in [0.1, 0.15) is 29.8 Å². The first-order chi connectivity index (χ1) is 14.1. The van der Waals surface area contributed by atoms with Gasteiger partial charge >= 0.3 is 5.97 Å². The van der Waals surface area contributed by atoms with E-state index >= 15 is 0 Å². The number of pyridine rings is 1. The molecule has 6 heteroatoms. The molecule has 0 radical (unpaired) electrons. The van der Waals surface area contributed by atoms with Gasteiger partial charge in [-0.25, -0.2) is 0 Å². The molecule has 0 spiro atoms. The summed E-state index contributed by atoms with van der Waals surface area (Å²) in [5.74, 6) is -0.657. The summed E-state index contributed by atoms with van der Waals surface area (Å²) >= 11 is 0. The van der Waals surface area contributed by atoms with Crippen LogP contribution in [-0.2, 0) is 22.6 Å². The average Bonchev–Trinajstić information content (AvgIpc) is 3.26. The second-order valence-electron chi connectivity index (χ2n) is 7.71. The zero-order valence-electron chi connectivity index (χ0n) is 16.7. The molecule has 3 heterocycles. The standard InChI is InChI=1S/C23H26N2O4/c1-3-7-16-10-11-19-20-17(13-24(19)22(16)27)18(14-26)21(23(28)29-2)25(20)12-15-8-5-4-6-9-15/h3-11,17-18,20-21,26H,12-14H2,1-2H3/b7-3+/t17-,18-,20+,21-/m0/s1. The number of esters is 1. The lowest BCUT2D eigenvalue weighted by molar-refractivity contribution is -0.148. The highest BCUT2D eigenvalue weighted by molar-refractivity contribution is 5.77. The third-order valence-electron chi connectivity index (χ3n) is 6.22. The van der Waals surface area contributed by atoms with Crippen LogP contribution < -0.4 is 5.56 Å². The molecule has 1 saturated heterocycles. The molecule has 0 aliphatic carbocycles. The average molecular weight is 394 g/mol. The van der Waals surface area contributed by atoms with Gasteiger partial charge in [0.25, 0.3) is 5.56 Å². The first-order valence-electron chi connectivity index (χ1n) is 9.95. The number of ether oxygens (including phenoxy) is 1. The Kier molecular flexibility index (Phi) is 5.39. The molecule has 4 atom stereocenters. The number of aliphatic hydroxyl groups excluding tert-OH is 1. The van der Waals surface area contributed by atoms with E-state index in [9.17, 15) is 14.7 Å². The third-order valence-corrected chi connectivity index (χ3v) is 6.22. The van der Waals surface area contributed by atoms with Crippen LogP contribution in [0.5, 0.6) is 0 Å². The molecular weight excluding hydrogens is 368 g/mol. The number of carbonyl (C=O) groups is 1. The first-order valence-corrected chi connectivity index (χ1v) is 9.95. The van der Waals surface area contributed by atoms with Crippen molar-refractivity contribution in [2.24, 2.45) is 11.8 Å². The Labute approximate surface area is 170 Å². The Bertz CT molecular complexity index is 982. The van der Waals surface area contributed by atoms with Gasteiger partial charge < -0.3 is 14.4 Å². The van der Waals surface area contributed by atoms with Crippen molar-refractivity contribution in [3.8, 4) is 0 Å². The number of carbonyl (C=O) groups excluding carboxylic acids is 1. The van der Waals surface area contributed by atoms with Gasteiger partial charge in [0, 0.05) is 42.8 Å². The lowest BCUT2D eigenvalue weighted by Crippen LogP contribution is -2.43. The first kappa shape index (κ1) is 19.6. The van der Waals surface area contributed by atoms with Gasteiger partial charge in [0.2, 0.25) is 0 Å². The number of likely N-dealkylation sites (tertiary alicyclic amines) is 1. The van der Waals surface area contributed by atoms with Crippen molar-refractivity contribution >= 4 is 12.0 Å². The van der Waals surface area contributed by atoms with Gasteiger partial charge in [-0.05, 0) is 24.6 Å². The Morgan fingerprint density at radius 1 is 1.24 bits per heavy atom. The summed E-state index contributed by atoms with van der Waals surface area (Å²) in [6.07, 6.45) is 3.66. The maximum atomic E-state index is 13.0. The fourth-order valence-electron chi connectivity index (χ4n) is 4.99. The van der Waals surface area contributed by atoms with E-state index in [4.69, 9.17) is 4.74 Å². The monoisotopic (exact) mass is 394 g/mol. The van der Waals surface area contributed by atoms with Crippen LogP contribution in [0.3, 0.4) is 0 Å². The van der Waals surface area contributed by atoms with Crippen LogP contribution in [0.2, 0.25) is 0 Å². The topological polar surface area (TPSA) is 71.8 Å². The molecular formula is C23H26N2O4. The molecule has 6 nitrogen and oxygen atoms in total. The molecule has 0 bridgehead atoms. The molecule has 1 fully saturated rings. The minimum Gasteiger partial charge on any atom is -0.468 e. The van der Waals surface area contributed by atoms with Gasteiger partial charge in [0.1, 0.15) is 6.04 Å². The fraction of sp³-hybridized carbons (Fsp3) is 0.391. The number of nitrogens with zero attached hydrogens (tertiary/aromatic N) is 2. The van der Waals surface area contributed by atoms with E-state index in [-0.39, 0.29) is 36.0 Å². The third kappa shape index (κ3) is 3.22. The number of methoxy groups -OCH3 is 1. The van der Waals surface area contributed by atoms with Crippen LogP contribution in [0.4, 0.5) is 0 Å². The van der Waals surface area contributed by atoms with Gasteiger partial charge in [-0.1, -0.05) is 42.5 Å². The molecule has 1 aromatic heterocycles. The number of fused-ring (bicyclic) bond motifs is 3. The van der Waals surface area contributed by atoms with Crippen LogP contribution in [0.25, 0.3) is 6.08 Å². The molecule has 2 aliphatic rings. The van der Waals surface area contributed by atoms with Crippen molar-refractivity contribution < 1.29 is 14.6 Å². The summed E-state index contributed by atoms with van der Waals surface area (Å²) < 4.78 is 6.90. The molecule has 152 valence electrons. The predicted octanol–water partition coefficient (Wildman–Crippen LogP) is 2.22. The van der Waals surface area contributed by atoms with E-state index < -0.39 is 6.04 Å². The minimum absolute atomic E-state index is 0.0265. The Hall–Kier alpha value is -2.70. The predicted molar refractivity (Wildman–Crippen MR) is 110 cm³/mol. The fourth-order valence-corrected chi connectivity index (χ4v) is 4.99. The van der Waals surface area contributed by atoms with Gasteiger partial charge in [0.15, 0.2) is 0 Å². The molecule has 1 aromatic carbocycles. The van der Waals surface area contributed by atoms with E-state index in [2.05, 4.69) is 4.90 Å². The normalized spacial score (nSPS) is 25.9.